The molecular formula is C21H35ClN4. The van der Waals surface area contributed by atoms with Crippen LogP contribution in [0.15, 0.2) is 46.3 Å². The van der Waals surface area contributed by atoms with Crippen molar-refractivity contribution in [3.8, 4) is 0 Å². The average molecular weight is 379 g/mol. The number of hydrogen-bond acceptors (Lipinski definition) is 3. The Balaban J connectivity index is 2.63. The van der Waals surface area contributed by atoms with E-state index < -0.39 is 0 Å². The van der Waals surface area contributed by atoms with E-state index in [2.05, 4.69) is 63.3 Å². The number of rotatable bonds is 10. The van der Waals surface area contributed by atoms with Crippen LogP contribution in [0.5, 0.6) is 0 Å². The lowest BCUT2D eigenvalue weighted by Gasteiger charge is -2.23. The minimum Gasteiger partial charge on any atom is -0.378 e. The van der Waals surface area contributed by atoms with Gasteiger partial charge < -0.3 is 5.32 Å². The summed E-state index contributed by atoms with van der Waals surface area (Å²) in [5, 5.41) is 15.1. The maximum absolute atomic E-state index is 6.10. The molecule has 0 aliphatic heterocycles. The summed E-state index contributed by atoms with van der Waals surface area (Å²) in [5.41, 5.74) is 2.34. The molecule has 0 saturated carbocycles. The number of nitrogens with zero attached hydrogens (tertiary/aromatic N) is 3. The van der Waals surface area contributed by atoms with Crippen LogP contribution >= 0.6 is 11.6 Å². The molecular weight excluding hydrogens is 344 g/mol. The van der Waals surface area contributed by atoms with Crippen LogP contribution in [0.1, 0.15) is 48.0 Å². The van der Waals surface area contributed by atoms with Crippen molar-refractivity contribution >= 4 is 17.3 Å². The Morgan fingerprint density at radius 3 is 2.54 bits per heavy atom. The van der Waals surface area contributed by atoms with Crippen LogP contribution in [0.4, 0.5) is 5.69 Å². The zero-order valence-electron chi connectivity index (χ0n) is 17.3. The van der Waals surface area contributed by atoms with E-state index in [4.69, 9.17) is 11.6 Å². The highest BCUT2D eigenvalue weighted by Gasteiger charge is 2.15. The van der Waals surface area contributed by atoms with Crippen molar-refractivity contribution in [1.82, 2.24) is 5.01 Å². The van der Waals surface area contributed by atoms with Crippen molar-refractivity contribution in [3.05, 3.63) is 40.9 Å². The number of nitrogens with one attached hydrogen (secondary N) is 1. The Morgan fingerprint density at radius 1 is 1.27 bits per heavy atom. The normalized spacial score (nSPS) is 16.0. The summed E-state index contributed by atoms with van der Waals surface area (Å²) < 4.78 is 0. The summed E-state index contributed by atoms with van der Waals surface area (Å²) in [6.07, 6.45) is 3.09. The molecule has 0 spiro atoms. The number of anilines is 1. The SMILES string of the molecule is C/C=C(\C)C(CCN(C)/N=N\[C@H](C)C(C)C(C)C)Nc1cccc(Cl)c1. The minimum absolute atomic E-state index is 0.232. The molecule has 0 saturated heterocycles. The predicted molar refractivity (Wildman–Crippen MR) is 114 cm³/mol. The van der Waals surface area contributed by atoms with Crippen molar-refractivity contribution in [2.24, 2.45) is 22.2 Å². The van der Waals surface area contributed by atoms with Gasteiger partial charge in [-0.1, -0.05) is 55.3 Å². The monoisotopic (exact) mass is 378 g/mol. The van der Waals surface area contributed by atoms with Crippen LogP contribution in [0, 0.1) is 11.8 Å². The summed E-state index contributed by atoms with van der Waals surface area (Å²) in [5.74, 6) is 1.13. The molecule has 0 heterocycles. The Hall–Kier alpha value is -1.55. The lowest BCUT2D eigenvalue weighted by molar-refractivity contribution is 0.286. The summed E-state index contributed by atoms with van der Waals surface area (Å²) in [6, 6.07) is 8.32. The molecule has 1 aromatic rings. The fourth-order valence-electron chi connectivity index (χ4n) is 2.59. The quantitative estimate of drug-likeness (QED) is 0.288. The van der Waals surface area contributed by atoms with Crippen LogP contribution in [0.2, 0.25) is 5.02 Å². The third-order valence-corrected chi connectivity index (χ3v) is 5.35. The van der Waals surface area contributed by atoms with Gasteiger partial charge in [0.25, 0.3) is 0 Å². The topological polar surface area (TPSA) is 40.0 Å². The molecule has 4 nitrogen and oxygen atoms in total. The van der Waals surface area contributed by atoms with E-state index in [-0.39, 0.29) is 12.1 Å². The molecule has 26 heavy (non-hydrogen) atoms. The molecule has 5 heteroatoms. The second-order valence-corrected chi connectivity index (χ2v) is 7.89. The van der Waals surface area contributed by atoms with Crippen molar-refractivity contribution < 1.29 is 0 Å². The Kier molecular flexibility index (Phi) is 9.71. The highest BCUT2D eigenvalue weighted by Crippen LogP contribution is 2.20. The van der Waals surface area contributed by atoms with E-state index >= 15 is 0 Å². The molecule has 146 valence electrons. The molecule has 0 bridgehead atoms. The van der Waals surface area contributed by atoms with E-state index in [1.54, 1.807) is 0 Å². The molecule has 0 aliphatic rings. The standard InChI is InChI=1S/C21H35ClN4/c1-8-16(4)21(23-20-11-9-10-19(22)14-20)12-13-26(7)25-24-18(6)17(5)15(2)3/h8-11,14-15,17-18,21,23H,12-13H2,1-7H3/b16-8+,25-24-/t17?,18-,21?/m1/s1. The zero-order valence-corrected chi connectivity index (χ0v) is 18.1. The van der Waals surface area contributed by atoms with Crippen molar-refractivity contribution in [2.45, 2.75) is 60.0 Å². The highest BCUT2D eigenvalue weighted by molar-refractivity contribution is 6.30. The zero-order chi connectivity index (χ0) is 19.7. The summed E-state index contributed by atoms with van der Waals surface area (Å²) in [4.78, 5) is 0. The fraction of sp³-hybridized carbons (Fsp3) is 0.619. The molecule has 1 N–H and O–H groups in total. The predicted octanol–water partition coefficient (Wildman–Crippen LogP) is 6.46. The lowest BCUT2D eigenvalue weighted by Crippen LogP contribution is -2.26. The fourth-order valence-corrected chi connectivity index (χ4v) is 2.78. The van der Waals surface area contributed by atoms with E-state index in [1.807, 2.05) is 36.3 Å². The second-order valence-electron chi connectivity index (χ2n) is 7.46. The van der Waals surface area contributed by atoms with Gasteiger partial charge >= 0.3 is 0 Å². The van der Waals surface area contributed by atoms with Gasteiger partial charge in [-0.15, -0.1) is 0 Å². The number of halogens is 1. The van der Waals surface area contributed by atoms with Gasteiger partial charge in [0.2, 0.25) is 0 Å². The van der Waals surface area contributed by atoms with Gasteiger partial charge in [-0.3, -0.25) is 5.01 Å². The molecule has 0 fully saturated rings. The van der Waals surface area contributed by atoms with E-state index in [0.29, 0.717) is 11.8 Å². The molecule has 0 radical (unpaired) electrons. The van der Waals surface area contributed by atoms with E-state index in [0.717, 1.165) is 23.7 Å². The van der Waals surface area contributed by atoms with Gasteiger partial charge in [0.1, 0.15) is 0 Å². The Labute approximate surface area is 164 Å². The lowest BCUT2D eigenvalue weighted by atomic mass is 9.92. The van der Waals surface area contributed by atoms with Gasteiger partial charge in [0.05, 0.1) is 6.04 Å². The third-order valence-electron chi connectivity index (χ3n) is 5.11. The molecule has 3 atom stereocenters. The maximum Gasteiger partial charge on any atom is 0.0729 e. The molecule has 1 rings (SSSR count). The Bertz CT molecular complexity index is 597. The third kappa shape index (κ3) is 7.77. The summed E-state index contributed by atoms with van der Waals surface area (Å²) in [6.45, 7) is 13.9. The van der Waals surface area contributed by atoms with Crippen LogP contribution in [-0.2, 0) is 0 Å². The molecule has 0 aliphatic carbocycles. The van der Waals surface area contributed by atoms with Gasteiger partial charge in [-0.2, -0.15) is 5.11 Å². The molecule has 0 aromatic heterocycles. The first-order chi connectivity index (χ1) is 12.2. The first-order valence-corrected chi connectivity index (χ1v) is 9.89. The Morgan fingerprint density at radius 2 is 1.96 bits per heavy atom. The van der Waals surface area contributed by atoms with Crippen LogP contribution in [0.3, 0.4) is 0 Å². The summed E-state index contributed by atoms with van der Waals surface area (Å²) >= 11 is 6.10. The smallest absolute Gasteiger partial charge is 0.0729 e. The van der Waals surface area contributed by atoms with Gasteiger partial charge in [-0.25, -0.2) is 0 Å². The van der Waals surface area contributed by atoms with Crippen molar-refractivity contribution in [1.29, 1.82) is 0 Å². The first kappa shape index (κ1) is 22.5. The highest BCUT2D eigenvalue weighted by atomic mass is 35.5. The number of benzene rings is 1. The number of hydrogen-bond donors (Lipinski definition) is 1. The molecule has 1 aromatic carbocycles. The van der Waals surface area contributed by atoms with Crippen LogP contribution < -0.4 is 5.32 Å². The van der Waals surface area contributed by atoms with Crippen LogP contribution in [0.25, 0.3) is 0 Å². The molecule has 0 amide bonds. The summed E-state index contributed by atoms with van der Waals surface area (Å²) in [7, 11) is 1.98. The van der Waals surface area contributed by atoms with Crippen molar-refractivity contribution in [2.75, 3.05) is 18.9 Å². The van der Waals surface area contributed by atoms with Gasteiger partial charge in [0.15, 0.2) is 0 Å². The average Bonchev–Trinajstić information content (AvgIpc) is 2.61. The van der Waals surface area contributed by atoms with Crippen LogP contribution in [-0.4, -0.2) is 30.7 Å². The largest absolute Gasteiger partial charge is 0.378 e. The van der Waals surface area contributed by atoms with Gasteiger partial charge in [0, 0.05) is 30.3 Å². The van der Waals surface area contributed by atoms with Gasteiger partial charge in [-0.05, 0) is 57.2 Å². The minimum atomic E-state index is 0.232. The first-order valence-electron chi connectivity index (χ1n) is 9.51. The maximum atomic E-state index is 6.10. The van der Waals surface area contributed by atoms with E-state index in [9.17, 15) is 0 Å². The second kappa shape index (κ2) is 11.2. The molecule has 2 unspecified atom stereocenters. The number of allylic oxidation sites excluding steroid dienone is 1. The van der Waals surface area contributed by atoms with Crippen molar-refractivity contribution in [3.63, 3.8) is 0 Å². The van der Waals surface area contributed by atoms with E-state index in [1.165, 1.54) is 5.57 Å².